The second-order valence-corrected chi connectivity index (χ2v) is 10.9. The van der Waals surface area contributed by atoms with Gasteiger partial charge in [0.2, 0.25) is 0 Å². The van der Waals surface area contributed by atoms with Crippen LogP contribution in [-0.2, 0) is 0 Å². The Morgan fingerprint density at radius 2 is 0.897 bits per heavy atom. The van der Waals surface area contributed by atoms with E-state index in [0.29, 0.717) is 11.8 Å². The van der Waals surface area contributed by atoms with Crippen molar-refractivity contribution in [2.45, 2.75) is 0 Å². The average molecular weight is 397 g/mol. The molecule has 29 heavy (non-hydrogen) atoms. The first-order valence-corrected chi connectivity index (χ1v) is 12.0. The SMILES string of the molecule is O=C(NC[PH](c1ccccc1)(c1ccccc1)c1ccccc1)c1ccccc1. The van der Waals surface area contributed by atoms with Crippen LogP contribution < -0.4 is 21.2 Å². The Morgan fingerprint density at radius 1 is 0.552 bits per heavy atom. The van der Waals surface area contributed by atoms with Crippen LogP contribution in [0.1, 0.15) is 10.4 Å². The van der Waals surface area contributed by atoms with Gasteiger partial charge in [0, 0.05) is 0 Å². The van der Waals surface area contributed by atoms with Gasteiger partial charge in [-0.3, -0.25) is 0 Å². The van der Waals surface area contributed by atoms with E-state index in [-0.39, 0.29) is 5.91 Å². The zero-order chi connectivity index (χ0) is 19.9. The molecule has 0 aliphatic heterocycles. The van der Waals surface area contributed by atoms with E-state index in [1.54, 1.807) is 0 Å². The van der Waals surface area contributed by atoms with Crippen LogP contribution >= 0.6 is 7.26 Å². The molecule has 1 N–H and O–H groups in total. The Kier molecular flexibility index (Phi) is 5.84. The van der Waals surface area contributed by atoms with Gasteiger partial charge in [-0.25, -0.2) is 0 Å². The fraction of sp³-hybridized carbons (Fsp3) is 0.0385. The van der Waals surface area contributed by atoms with Crippen LogP contribution in [0.2, 0.25) is 0 Å². The van der Waals surface area contributed by atoms with E-state index >= 15 is 0 Å². The number of amides is 1. The van der Waals surface area contributed by atoms with E-state index in [1.807, 2.05) is 48.5 Å². The van der Waals surface area contributed by atoms with Gasteiger partial charge in [-0.05, 0) is 0 Å². The van der Waals surface area contributed by atoms with Gasteiger partial charge in [-0.15, -0.1) is 0 Å². The molecule has 0 aliphatic rings. The van der Waals surface area contributed by atoms with Crippen LogP contribution in [-0.4, -0.2) is 12.2 Å². The molecule has 3 heteroatoms. The molecular formula is C26H24NOP. The van der Waals surface area contributed by atoms with Gasteiger partial charge in [0.15, 0.2) is 0 Å². The normalized spacial score (nSPS) is 11.6. The molecule has 0 aromatic heterocycles. The molecule has 4 rings (SSSR count). The molecule has 0 atom stereocenters. The maximum absolute atomic E-state index is 12.9. The number of rotatable bonds is 6. The van der Waals surface area contributed by atoms with E-state index in [1.165, 1.54) is 15.9 Å². The van der Waals surface area contributed by atoms with E-state index < -0.39 is 7.26 Å². The van der Waals surface area contributed by atoms with Crippen LogP contribution in [0, 0.1) is 0 Å². The Labute approximate surface area is 172 Å². The summed E-state index contributed by atoms with van der Waals surface area (Å²) in [7, 11) is -2.45. The molecule has 0 aliphatic carbocycles. The molecule has 0 heterocycles. The summed E-state index contributed by atoms with van der Waals surface area (Å²) in [6.45, 7) is 0. The number of benzene rings is 4. The Hall–Kier alpha value is -3.22. The minimum atomic E-state index is -2.45. The molecule has 144 valence electrons. The summed E-state index contributed by atoms with van der Waals surface area (Å²) in [5, 5.41) is 7.11. The zero-order valence-electron chi connectivity index (χ0n) is 16.2. The van der Waals surface area contributed by atoms with Gasteiger partial charge < -0.3 is 0 Å². The standard InChI is InChI=1S/C26H24NOP/c28-26(22-13-5-1-6-14-22)27-21-29(23-15-7-2-8-16-23,24-17-9-3-10-18-24)25-19-11-4-12-20-25/h1-20,29H,21H2,(H,27,28). The topological polar surface area (TPSA) is 29.1 Å². The van der Waals surface area contributed by atoms with Crippen molar-refractivity contribution >= 4 is 29.1 Å². The molecule has 0 bridgehead atoms. The number of nitrogens with one attached hydrogen (secondary N) is 1. The molecule has 0 radical (unpaired) electrons. The summed E-state index contributed by atoms with van der Waals surface area (Å²) in [5.41, 5.74) is 0.685. The van der Waals surface area contributed by atoms with Crippen LogP contribution in [0.25, 0.3) is 0 Å². The van der Waals surface area contributed by atoms with Gasteiger partial charge >= 0.3 is 172 Å². The second kappa shape index (κ2) is 8.86. The van der Waals surface area contributed by atoms with Crippen LogP contribution in [0.5, 0.6) is 0 Å². The molecule has 2 nitrogen and oxygen atoms in total. The Bertz CT molecular complexity index is 954. The summed E-state index contributed by atoms with van der Waals surface area (Å²) in [6.07, 6.45) is 0.596. The molecule has 0 unspecified atom stereocenters. The van der Waals surface area contributed by atoms with Crippen molar-refractivity contribution in [3.05, 3.63) is 127 Å². The summed E-state index contributed by atoms with van der Waals surface area (Å²) in [6, 6.07) is 41.2. The third-order valence-electron chi connectivity index (χ3n) is 5.35. The Morgan fingerprint density at radius 3 is 1.28 bits per heavy atom. The predicted octanol–water partition coefficient (Wildman–Crippen LogP) is 4.10. The molecular weight excluding hydrogens is 373 g/mol. The van der Waals surface area contributed by atoms with Crippen molar-refractivity contribution in [3.8, 4) is 0 Å². The van der Waals surface area contributed by atoms with Crippen LogP contribution in [0.15, 0.2) is 121 Å². The first-order valence-electron chi connectivity index (χ1n) is 9.80. The van der Waals surface area contributed by atoms with Crippen molar-refractivity contribution in [1.82, 2.24) is 5.32 Å². The summed E-state index contributed by atoms with van der Waals surface area (Å²) < 4.78 is 0. The van der Waals surface area contributed by atoms with Crippen molar-refractivity contribution in [2.24, 2.45) is 0 Å². The maximum atomic E-state index is 12.9. The molecule has 4 aromatic carbocycles. The van der Waals surface area contributed by atoms with E-state index in [4.69, 9.17) is 0 Å². The van der Waals surface area contributed by atoms with Gasteiger partial charge in [0.25, 0.3) is 0 Å². The summed E-state index contributed by atoms with van der Waals surface area (Å²) in [5.74, 6) is -0.0368. The van der Waals surface area contributed by atoms with Crippen molar-refractivity contribution in [2.75, 3.05) is 6.29 Å². The van der Waals surface area contributed by atoms with Crippen molar-refractivity contribution in [3.63, 3.8) is 0 Å². The second-order valence-electron chi connectivity index (χ2n) is 7.05. The number of hydrogen-bond acceptors (Lipinski definition) is 1. The fourth-order valence-electron chi connectivity index (χ4n) is 3.88. The van der Waals surface area contributed by atoms with Gasteiger partial charge in [0.1, 0.15) is 0 Å². The predicted molar refractivity (Wildman–Crippen MR) is 125 cm³/mol. The molecule has 1 amide bonds. The first kappa shape index (κ1) is 19.1. The average Bonchev–Trinajstić information content (AvgIpc) is 2.82. The minimum absolute atomic E-state index is 0.0368. The fourth-order valence-corrected chi connectivity index (χ4v) is 8.20. The van der Waals surface area contributed by atoms with Crippen LogP contribution in [0.3, 0.4) is 0 Å². The molecule has 0 spiro atoms. The van der Waals surface area contributed by atoms with E-state index in [0.717, 1.165) is 0 Å². The monoisotopic (exact) mass is 397 g/mol. The third kappa shape index (κ3) is 3.99. The summed E-state index contributed by atoms with van der Waals surface area (Å²) >= 11 is 0. The number of carbonyl (C=O) groups is 1. The number of hydrogen-bond donors (Lipinski definition) is 1. The van der Waals surface area contributed by atoms with Gasteiger partial charge in [-0.2, -0.15) is 0 Å². The molecule has 0 saturated carbocycles. The van der Waals surface area contributed by atoms with Crippen LogP contribution in [0.4, 0.5) is 0 Å². The molecule has 0 saturated heterocycles. The number of carbonyl (C=O) groups excluding carboxylic acids is 1. The molecule has 4 aromatic rings. The van der Waals surface area contributed by atoms with Crippen molar-refractivity contribution in [1.29, 1.82) is 0 Å². The third-order valence-corrected chi connectivity index (χ3v) is 10.0. The van der Waals surface area contributed by atoms with E-state index in [9.17, 15) is 4.79 Å². The molecule has 0 fully saturated rings. The quantitative estimate of drug-likeness (QED) is 0.488. The van der Waals surface area contributed by atoms with Crippen molar-refractivity contribution < 1.29 is 4.79 Å². The van der Waals surface area contributed by atoms with Gasteiger partial charge in [-0.1, -0.05) is 0 Å². The zero-order valence-corrected chi connectivity index (χ0v) is 17.2. The van der Waals surface area contributed by atoms with E-state index in [2.05, 4.69) is 78.1 Å². The Balaban J connectivity index is 1.83. The van der Waals surface area contributed by atoms with Gasteiger partial charge in [0.05, 0.1) is 0 Å². The first-order chi connectivity index (χ1) is 14.3. The summed E-state index contributed by atoms with van der Waals surface area (Å²) in [4.78, 5) is 12.9.